The number of nitrogens with one attached hydrogen (secondary N) is 1. The molecule has 0 fully saturated rings. The van der Waals surface area contributed by atoms with Crippen molar-refractivity contribution < 1.29 is 14.3 Å². The van der Waals surface area contributed by atoms with Crippen molar-refractivity contribution in [2.45, 2.75) is 18.0 Å². The summed E-state index contributed by atoms with van der Waals surface area (Å²) in [5.74, 6) is -0.136. The number of amides is 1. The molecule has 0 atom stereocenters. The quantitative estimate of drug-likeness (QED) is 0.441. The molecule has 0 bridgehead atoms. The predicted octanol–water partition coefficient (Wildman–Crippen LogP) is 2.69. The Morgan fingerprint density at radius 3 is 3.00 bits per heavy atom. The summed E-state index contributed by atoms with van der Waals surface area (Å²) in [6, 6.07) is 7.42. The first-order chi connectivity index (χ1) is 11.6. The van der Waals surface area contributed by atoms with Crippen LogP contribution in [0.25, 0.3) is 5.69 Å². The minimum Gasteiger partial charge on any atom is -0.469 e. The summed E-state index contributed by atoms with van der Waals surface area (Å²) in [5, 5.41) is 4.12. The van der Waals surface area contributed by atoms with Crippen molar-refractivity contribution in [2.24, 2.45) is 0 Å². The van der Waals surface area contributed by atoms with Gasteiger partial charge in [0.05, 0.1) is 12.9 Å². The zero-order valence-corrected chi connectivity index (χ0v) is 14.8. The molecular weight excluding hydrogens is 350 g/mol. The number of methoxy groups -OCH3 is 1. The lowest BCUT2D eigenvalue weighted by Gasteiger charge is -2.08. The van der Waals surface area contributed by atoms with Gasteiger partial charge in [-0.3, -0.25) is 14.2 Å². The molecule has 1 aromatic carbocycles. The minimum absolute atomic E-state index is 0.106. The van der Waals surface area contributed by atoms with Crippen LogP contribution in [-0.4, -0.2) is 40.8 Å². The number of carbonyl (C=O) groups is 2. The fraction of sp³-hybridized carbons (Fsp3) is 0.312. The maximum absolute atomic E-state index is 11.8. The number of rotatable bonds is 8. The number of nitrogens with zero attached hydrogens (tertiary/aromatic N) is 2. The standard InChI is InChI=1S/C16H18ClN3O3S/c1-23-15(22)6-3-7-18-14(21)11-24-16-19-8-9-20(16)13-5-2-4-12(17)10-13/h2,4-5,8-10H,3,6-7,11H2,1H3,(H,18,21). The number of ether oxygens (including phenoxy) is 1. The van der Waals surface area contributed by atoms with Crippen molar-refractivity contribution in [3.8, 4) is 5.69 Å². The summed E-state index contributed by atoms with van der Waals surface area (Å²) in [5.41, 5.74) is 0.890. The van der Waals surface area contributed by atoms with Gasteiger partial charge in [-0.1, -0.05) is 29.4 Å². The van der Waals surface area contributed by atoms with E-state index >= 15 is 0 Å². The normalized spacial score (nSPS) is 10.4. The summed E-state index contributed by atoms with van der Waals surface area (Å²) in [4.78, 5) is 27.1. The number of halogens is 1. The molecule has 0 spiro atoms. The Balaban J connectivity index is 1.82. The Morgan fingerprint density at radius 2 is 2.25 bits per heavy atom. The lowest BCUT2D eigenvalue weighted by Crippen LogP contribution is -2.26. The maximum Gasteiger partial charge on any atom is 0.305 e. The number of imidazole rings is 1. The molecule has 0 aliphatic rings. The van der Waals surface area contributed by atoms with Gasteiger partial charge in [-0.15, -0.1) is 0 Å². The molecular formula is C16H18ClN3O3S. The third-order valence-corrected chi connectivity index (χ3v) is 4.33. The molecule has 0 unspecified atom stereocenters. The van der Waals surface area contributed by atoms with Crippen molar-refractivity contribution in [1.29, 1.82) is 0 Å². The first kappa shape index (κ1) is 18.4. The van der Waals surface area contributed by atoms with E-state index in [0.29, 0.717) is 29.6 Å². The third-order valence-electron chi connectivity index (χ3n) is 3.13. The molecule has 6 nitrogen and oxygen atoms in total. The fourth-order valence-electron chi connectivity index (χ4n) is 1.96. The number of benzene rings is 1. The monoisotopic (exact) mass is 367 g/mol. The van der Waals surface area contributed by atoms with Crippen LogP contribution >= 0.6 is 23.4 Å². The SMILES string of the molecule is COC(=O)CCCNC(=O)CSc1nccn1-c1cccc(Cl)c1. The zero-order valence-electron chi connectivity index (χ0n) is 13.2. The molecule has 1 amide bonds. The van der Waals surface area contributed by atoms with Gasteiger partial charge in [-0.2, -0.15) is 0 Å². The predicted molar refractivity (Wildman–Crippen MR) is 93.6 cm³/mol. The van der Waals surface area contributed by atoms with Crippen LogP contribution in [0.15, 0.2) is 41.8 Å². The molecule has 2 rings (SSSR count). The molecule has 0 aliphatic heterocycles. The highest BCUT2D eigenvalue weighted by Gasteiger charge is 2.09. The molecule has 1 aromatic heterocycles. The molecule has 0 radical (unpaired) electrons. The summed E-state index contributed by atoms with van der Waals surface area (Å²) in [6.45, 7) is 0.442. The highest BCUT2D eigenvalue weighted by atomic mass is 35.5. The van der Waals surface area contributed by atoms with E-state index in [0.717, 1.165) is 5.69 Å². The van der Waals surface area contributed by atoms with Crippen molar-refractivity contribution in [3.05, 3.63) is 41.7 Å². The molecule has 24 heavy (non-hydrogen) atoms. The van der Waals surface area contributed by atoms with Gasteiger partial charge < -0.3 is 10.1 Å². The molecule has 0 saturated heterocycles. The average Bonchev–Trinajstić information content (AvgIpc) is 3.05. The molecule has 0 saturated carbocycles. The summed E-state index contributed by atoms with van der Waals surface area (Å²) in [6.07, 6.45) is 4.35. The Hall–Kier alpha value is -1.99. The van der Waals surface area contributed by atoms with E-state index in [1.807, 2.05) is 29.0 Å². The van der Waals surface area contributed by atoms with Gasteiger partial charge in [0.15, 0.2) is 5.16 Å². The van der Waals surface area contributed by atoms with Crippen LogP contribution in [0.4, 0.5) is 0 Å². The van der Waals surface area contributed by atoms with Gasteiger partial charge in [-0.25, -0.2) is 4.98 Å². The smallest absolute Gasteiger partial charge is 0.305 e. The van der Waals surface area contributed by atoms with Crippen LogP contribution in [0.1, 0.15) is 12.8 Å². The van der Waals surface area contributed by atoms with E-state index in [2.05, 4.69) is 15.0 Å². The molecule has 8 heteroatoms. The van der Waals surface area contributed by atoms with Gasteiger partial charge in [-0.05, 0) is 24.6 Å². The lowest BCUT2D eigenvalue weighted by molar-refractivity contribution is -0.140. The van der Waals surface area contributed by atoms with E-state index < -0.39 is 0 Å². The van der Waals surface area contributed by atoms with Gasteiger partial charge in [0.2, 0.25) is 5.91 Å². The van der Waals surface area contributed by atoms with Crippen molar-refractivity contribution >= 4 is 35.2 Å². The minimum atomic E-state index is -0.276. The molecule has 2 aromatic rings. The molecule has 1 N–H and O–H groups in total. The van der Waals surface area contributed by atoms with Crippen LogP contribution in [-0.2, 0) is 14.3 Å². The molecule has 1 heterocycles. The topological polar surface area (TPSA) is 73.2 Å². The molecule has 0 aliphatic carbocycles. The summed E-state index contributed by atoms with van der Waals surface area (Å²) in [7, 11) is 1.35. The van der Waals surface area contributed by atoms with Crippen LogP contribution < -0.4 is 5.32 Å². The summed E-state index contributed by atoms with van der Waals surface area (Å²) >= 11 is 7.34. The van der Waals surface area contributed by atoms with Crippen molar-refractivity contribution in [1.82, 2.24) is 14.9 Å². The number of thioether (sulfide) groups is 1. The summed E-state index contributed by atoms with van der Waals surface area (Å²) < 4.78 is 6.42. The number of esters is 1. The third kappa shape index (κ3) is 5.58. The Bertz CT molecular complexity index is 705. The maximum atomic E-state index is 11.8. The van der Waals surface area contributed by atoms with Gasteiger partial charge >= 0.3 is 5.97 Å². The highest BCUT2D eigenvalue weighted by molar-refractivity contribution is 7.99. The van der Waals surface area contributed by atoms with Gasteiger partial charge in [0, 0.05) is 36.1 Å². The van der Waals surface area contributed by atoms with E-state index in [-0.39, 0.29) is 17.6 Å². The fourth-order valence-corrected chi connectivity index (χ4v) is 2.95. The number of carbonyl (C=O) groups excluding carboxylic acids is 2. The van der Waals surface area contributed by atoms with Gasteiger partial charge in [0.25, 0.3) is 0 Å². The second-order valence-electron chi connectivity index (χ2n) is 4.88. The second kappa shape index (κ2) is 9.34. The number of hydrogen-bond donors (Lipinski definition) is 1. The Kier molecular flexibility index (Phi) is 7.14. The first-order valence-electron chi connectivity index (χ1n) is 7.35. The molecule has 128 valence electrons. The number of hydrogen-bond acceptors (Lipinski definition) is 5. The van der Waals surface area contributed by atoms with Gasteiger partial charge in [0.1, 0.15) is 0 Å². The van der Waals surface area contributed by atoms with E-state index in [9.17, 15) is 9.59 Å². The van der Waals surface area contributed by atoms with E-state index in [4.69, 9.17) is 11.6 Å². The van der Waals surface area contributed by atoms with E-state index in [1.165, 1.54) is 18.9 Å². The Morgan fingerprint density at radius 1 is 1.42 bits per heavy atom. The first-order valence-corrected chi connectivity index (χ1v) is 8.72. The second-order valence-corrected chi connectivity index (χ2v) is 6.26. The number of aromatic nitrogens is 2. The average molecular weight is 368 g/mol. The van der Waals surface area contributed by atoms with Crippen molar-refractivity contribution in [2.75, 3.05) is 19.4 Å². The Labute approximate surface area is 149 Å². The van der Waals surface area contributed by atoms with E-state index in [1.54, 1.807) is 12.3 Å². The largest absolute Gasteiger partial charge is 0.469 e. The van der Waals surface area contributed by atoms with Crippen LogP contribution in [0.3, 0.4) is 0 Å². The highest BCUT2D eigenvalue weighted by Crippen LogP contribution is 2.22. The van der Waals surface area contributed by atoms with Crippen LogP contribution in [0.2, 0.25) is 5.02 Å². The van der Waals surface area contributed by atoms with Crippen LogP contribution in [0.5, 0.6) is 0 Å². The van der Waals surface area contributed by atoms with Crippen LogP contribution in [0, 0.1) is 0 Å². The zero-order chi connectivity index (χ0) is 17.4. The van der Waals surface area contributed by atoms with Crippen molar-refractivity contribution in [3.63, 3.8) is 0 Å². The lowest BCUT2D eigenvalue weighted by atomic mass is 10.3.